The second kappa shape index (κ2) is 10.0. The number of nitrogens with two attached hydrogens (primary N) is 2. The molecule has 0 aliphatic rings. The van der Waals surface area contributed by atoms with Gasteiger partial charge in [-0.3, -0.25) is 16.1 Å². The predicted molar refractivity (Wildman–Crippen MR) is 131 cm³/mol. The van der Waals surface area contributed by atoms with Crippen molar-refractivity contribution in [3.63, 3.8) is 0 Å². The average Bonchev–Trinajstić information content (AvgIpc) is 3.23. The molecule has 33 heavy (non-hydrogen) atoms. The van der Waals surface area contributed by atoms with E-state index in [-0.39, 0.29) is 17.3 Å². The number of hydrazine groups is 2. The molecule has 6 N–H and O–H groups in total. The van der Waals surface area contributed by atoms with Gasteiger partial charge in [-0.05, 0) is 24.1 Å². The number of hydrogen-bond acceptors (Lipinski definition) is 8. The molecule has 10 nitrogen and oxygen atoms in total. The summed E-state index contributed by atoms with van der Waals surface area (Å²) in [6, 6.07) is 7.67. The van der Waals surface area contributed by atoms with Crippen LogP contribution in [0.5, 0.6) is 0 Å². The van der Waals surface area contributed by atoms with Crippen LogP contribution in [0.4, 0.5) is 5.82 Å². The summed E-state index contributed by atoms with van der Waals surface area (Å²) in [5.74, 6) is 5.88. The average molecular weight is 468 g/mol. The van der Waals surface area contributed by atoms with Gasteiger partial charge in [0.15, 0.2) is 5.82 Å². The summed E-state index contributed by atoms with van der Waals surface area (Å²) in [6.45, 7) is 8.65. The highest BCUT2D eigenvalue weighted by atomic mass is 32.1. The Kier molecular flexibility index (Phi) is 7.36. The number of nitrogens with one attached hydrogen (secondary N) is 2. The van der Waals surface area contributed by atoms with Crippen molar-refractivity contribution in [1.82, 2.24) is 30.8 Å². The minimum Gasteiger partial charge on any atom is -0.368 e. The van der Waals surface area contributed by atoms with Gasteiger partial charge in [0.05, 0.1) is 16.9 Å². The van der Waals surface area contributed by atoms with E-state index in [0.29, 0.717) is 22.9 Å². The number of aromatic nitrogens is 3. The molecular weight excluding hydrogens is 438 g/mol. The van der Waals surface area contributed by atoms with E-state index in [1.165, 1.54) is 22.8 Å². The van der Waals surface area contributed by atoms with Gasteiger partial charge in [0.2, 0.25) is 5.96 Å². The number of rotatable bonds is 6. The molecule has 0 bridgehead atoms. The maximum atomic E-state index is 12.6. The molecular formula is C22H29N9OS. The number of nitrogens with zero attached hydrogens (tertiary/aromatic N) is 5. The second-order valence-corrected chi connectivity index (χ2v) is 9.62. The van der Waals surface area contributed by atoms with E-state index in [1.54, 1.807) is 19.3 Å². The molecule has 0 aliphatic carbocycles. The molecule has 11 heteroatoms. The molecule has 0 saturated carbocycles. The van der Waals surface area contributed by atoms with Gasteiger partial charge >= 0.3 is 0 Å². The van der Waals surface area contributed by atoms with Crippen LogP contribution < -0.4 is 22.3 Å². The molecule has 2 heterocycles. The van der Waals surface area contributed by atoms with Gasteiger partial charge in [-0.15, -0.1) is 11.3 Å². The third-order valence-electron chi connectivity index (χ3n) is 4.63. The minimum atomic E-state index is -0.126. The lowest BCUT2D eigenvalue weighted by atomic mass is 9.98. The van der Waals surface area contributed by atoms with E-state index in [0.717, 1.165) is 21.7 Å². The quantitative estimate of drug-likeness (QED) is 0.187. The largest absolute Gasteiger partial charge is 0.368 e. The second-order valence-electron chi connectivity index (χ2n) is 8.58. The fraction of sp³-hybridized carbons (Fsp3) is 0.318. The van der Waals surface area contributed by atoms with Gasteiger partial charge in [-0.2, -0.15) is 10.1 Å². The Bertz CT molecular complexity index is 1160. The molecule has 2 aromatic heterocycles. The van der Waals surface area contributed by atoms with E-state index in [4.69, 9.17) is 11.6 Å². The normalized spacial score (nSPS) is 12.2. The van der Waals surface area contributed by atoms with Gasteiger partial charge in [-0.25, -0.2) is 15.0 Å². The molecule has 0 radical (unpaired) electrons. The Morgan fingerprint density at radius 1 is 1.21 bits per heavy atom. The third kappa shape index (κ3) is 6.54. The monoisotopic (exact) mass is 467 g/mol. The first-order chi connectivity index (χ1) is 15.5. The highest BCUT2D eigenvalue weighted by Crippen LogP contribution is 2.27. The Labute approximate surface area is 197 Å². The van der Waals surface area contributed by atoms with Crippen LogP contribution in [-0.2, 0) is 12.0 Å². The molecule has 0 unspecified atom stereocenters. The van der Waals surface area contributed by atoms with Crippen LogP contribution in [0.3, 0.4) is 0 Å². The number of aryl methyl sites for hydroxylation is 1. The summed E-state index contributed by atoms with van der Waals surface area (Å²) >= 11 is 1.42. The van der Waals surface area contributed by atoms with Crippen molar-refractivity contribution >= 4 is 29.0 Å². The molecule has 1 aromatic carbocycles. The smallest absolute Gasteiger partial charge is 0.263 e. The van der Waals surface area contributed by atoms with Crippen molar-refractivity contribution in [2.24, 2.45) is 16.6 Å². The number of guanidine groups is 1. The number of carbonyl (C=O) groups is 1. The minimum absolute atomic E-state index is 0.0786. The van der Waals surface area contributed by atoms with Crippen molar-refractivity contribution < 1.29 is 4.79 Å². The molecule has 174 valence electrons. The number of aliphatic imine (C=N–C) groups is 1. The van der Waals surface area contributed by atoms with E-state index < -0.39 is 0 Å². The topological polar surface area (TPSA) is 147 Å². The number of thiazole rings is 1. The fourth-order valence-electron chi connectivity index (χ4n) is 2.94. The van der Waals surface area contributed by atoms with Crippen LogP contribution in [0.15, 0.2) is 41.8 Å². The zero-order valence-corrected chi connectivity index (χ0v) is 20.2. The van der Waals surface area contributed by atoms with Crippen LogP contribution in [-0.4, -0.2) is 39.0 Å². The van der Waals surface area contributed by atoms with E-state index in [9.17, 15) is 4.79 Å². The first kappa shape index (κ1) is 24.2. The summed E-state index contributed by atoms with van der Waals surface area (Å²) in [7, 11) is 1.60. The fourth-order valence-corrected chi connectivity index (χ4v) is 3.83. The van der Waals surface area contributed by atoms with Crippen molar-refractivity contribution in [2.75, 3.05) is 7.05 Å². The summed E-state index contributed by atoms with van der Waals surface area (Å²) < 4.78 is 0. The molecule has 0 aliphatic heterocycles. The number of carbonyl (C=O) groups excluding carboxylic acids is 1. The molecule has 0 saturated heterocycles. The summed E-state index contributed by atoms with van der Waals surface area (Å²) in [4.78, 5) is 30.2. The van der Waals surface area contributed by atoms with E-state index in [1.807, 2.05) is 25.1 Å². The SMILES string of the molecule is Cc1cc(-c2cc(N=C(N)NN(C)N)ncn2)ccc1CNC(=O)c1cnc(C(C)(C)C)s1. The Morgan fingerprint density at radius 3 is 2.61 bits per heavy atom. The molecule has 3 rings (SSSR count). The van der Waals surface area contributed by atoms with Gasteiger partial charge in [0.25, 0.3) is 5.91 Å². The van der Waals surface area contributed by atoms with E-state index in [2.05, 4.69) is 51.5 Å². The first-order valence-electron chi connectivity index (χ1n) is 10.3. The van der Waals surface area contributed by atoms with Gasteiger partial charge in [-0.1, -0.05) is 32.9 Å². The molecule has 1 amide bonds. The molecule has 0 atom stereocenters. The first-order valence-corrected chi connectivity index (χ1v) is 11.1. The van der Waals surface area contributed by atoms with Crippen molar-refractivity contribution in [3.8, 4) is 11.3 Å². The highest BCUT2D eigenvalue weighted by molar-refractivity contribution is 7.13. The summed E-state index contributed by atoms with van der Waals surface area (Å²) in [5, 5.41) is 5.11. The van der Waals surface area contributed by atoms with Crippen LogP contribution >= 0.6 is 11.3 Å². The predicted octanol–water partition coefficient (Wildman–Crippen LogP) is 2.39. The Balaban J connectivity index is 1.70. The standard InChI is InChI=1S/C22H29N9OS/c1-13-8-14(16-9-18(28-12-27-16)29-21(23)30-31(5)24)6-7-15(13)10-25-19(32)17-11-26-20(33-17)22(2,3)4/h6-9,11-12H,10,24H2,1-5H3,(H,25,32)(H3,23,27,28,29,30). The highest BCUT2D eigenvalue weighted by Gasteiger charge is 2.20. The van der Waals surface area contributed by atoms with Gasteiger partial charge in [0, 0.05) is 30.6 Å². The lowest BCUT2D eigenvalue weighted by Gasteiger charge is -2.13. The van der Waals surface area contributed by atoms with Gasteiger partial charge in [0.1, 0.15) is 11.2 Å². The zero-order valence-electron chi connectivity index (χ0n) is 19.4. The summed E-state index contributed by atoms with van der Waals surface area (Å²) in [5.41, 5.74) is 12.0. The molecule has 0 fully saturated rings. The van der Waals surface area contributed by atoms with Gasteiger partial charge < -0.3 is 11.1 Å². The Hall–Kier alpha value is -3.41. The van der Waals surface area contributed by atoms with Crippen molar-refractivity contribution in [1.29, 1.82) is 0 Å². The number of amides is 1. The summed E-state index contributed by atoms with van der Waals surface area (Å²) in [6.07, 6.45) is 3.07. The lowest BCUT2D eigenvalue weighted by molar-refractivity contribution is 0.0954. The van der Waals surface area contributed by atoms with Crippen LogP contribution in [0.2, 0.25) is 0 Å². The van der Waals surface area contributed by atoms with Crippen LogP contribution in [0, 0.1) is 6.92 Å². The lowest BCUT2D eigenvalue weighted by Crippen LogP contribution is -2.47. The zero-order chi connectivity index (χ0) is 24.2. The maximum absolute atomic E-state index is 12.6. The number of benzene rings is 1. The maximum Gasteiger partial charge on any atom is 0.263 e. The van der Waals surface area contributed by atoms with Crippen molar-refractivity contribution in [3.05, 3.63) is 57.8 Å². The van der Waals surface area contributed by atoms with E-state index >= 15 is 0 Å². The molecule has 3 aromatic rings. The van der Waals surface area contributed by atoms with Crippen molar-refractivity contribution in [2.45, 2.75) is 39.7 Å². The number of hydrogen-bond donors (Lipinski definition) is 4. The third-order valence-corrected chi connectivity index (χ3v) is 6.05. The Morgan fingerprint density at radius 2 is 1.97 bits per heavy atom. The van der Waals surface area contributed by atoms with Crippen LogP contribution in [0.1, 0.15) is 46.6 Å². The molecule has 0 spiro atoms. The van der Waals surface area contributed by atoms with Crippen LogP contribution in [0.25, 0.3) is 11.3 Å².